The van der Waals surface area contributed by atoms with Crippen molar-refractivity contribution in [3.05, 3.63) is 198 Å². The van der Waals surface area contributed by atoms with E-state index in [1.54, 1.807) is 0 Å². The Kier molecular flexibility index (Phi) is 8.65. The van der Waals surface area contributed by atoms with Crippen molar-refractivity contribution >= 4 is 33.2 Å². The average molecular weight is 684 g/mol. The Morgan fingerprint density at radius 2 is 1.00 bits per heavy atom. The molecule has 0 saturated heterocycles. The highest BCUT2D eigenvalue weighted by molar-refractivity contribution is 6.10. The number of allylic oxidation sites excluding steroid dienone is 1. The first-order valence-corrected chi connectivity index (χ1v) is 18.7. The first-order chi connectivity index (χ1) is 26.1. The monoisotopic (exact) mass is 683 g/mol. The molecular formula is C51H41NO. The molecule has 0 aliphatic carbocycles. The average Bonchev–Trinajstić information content (AvgIpc) is 3.52. The van der Waals surface area contributed by atoms with Gasteiger partial charge in [0.25, 0.3) is 0 Å². The zero-order chi connectivity index (χ0) is 35.7. The summed E-state index contributed by atoms with van der Waals surface area (Å²) in [5, 5.41) is 2.28. The molecule has 0 N–H and O–H groups in total. The van der Waals surface area contributed by atoms with Gasteiger partial charge >= 0.3 is 0 Å². The molecular weight excluding hydrogens is 643 g/mol. The van der Waals surface area contributed by atoms with Crippen LogP contribution in [0, 0.1) is 5.92 Å². The van der Waals surface area contributed by atoms with E-state index in [1.807, 2.05) is 12.1 Å². The lowest BCUT2D eigenvalue weighted by Gasteiger charge is -2.27. The Balaban J connectivity index is 1.20. The molecule has 2 heterocycles. The van der Waals surface area contributed by atoms with Crippen LogP contribution in [-0.2, 0) is 0 Å². The zero-order valence-electron chi connectivity index (χ0n) is 30.2. The smallest absolute Gasteiger partial charge is 0.136 e. The Morgan fingerprint density at radius 1 is 0.491 bits per heavy atom. The molecule has 2 heteroatoms. The summed E-state index contributed by atoms with van der Waals surface area (Å²) in [4.78, 5) is 5.69. The van der Waals surface area contributed by atoms with Gasteiger partial charge in [-0.1, -0.05) is 152 Å². The lowest BCUT2D eigenvalue weighted by atomic mass is 9.78. The number of furan rings is 1. The number of benzene rings is 7. The first-order valence-electron chi connectivity index (χ1n) is 18.7. The molecule has 1 aliphatic heterocycles. The third-order valence-corrected chi connectivity index (χ3v) is 10.9. The predicted octanol–water partition coefficient (Wildman–Crippen LogP) is 14.0. The van der Waals surface area contributed by atoms with E-state index >= 15 is 0 Å². The largest absolute Gasteiger partial charge is 0.456 e. The van der Waals surface area contributed by atoms with E-state index in [0.29, 0.717) is 0 Å². The number of nitrogens with zero attached hydrogens (tertiary/aromatic N) is 1. The molecule has 0 spiro atoms. The van der Waals surface area contributed by atoms with Crippen LogP contribution in [-0.4, -0.2) is 5.71 Å². The molecule has 2 nitrogen and oxygen atoms in total. The molecule has 0 radical (unpaired) electrons. The summed E-state index contributed by atoms with van der Waals surface area (Å²) in [6.45, 7) is 4.64. The first kappa shape index (κ1) is 32.6. The molecule has 7 aromatic carbocycles. The van der Waals surface area contributed by atoms with Crippen LogP contribution in [0.25, 0.3) is 60.9 Å². The Hall–Kier alpha value is -6.25. The fraction of sp³-hybridized carbons (Fsp3) is 0.118. The summed E-state index contributed by atoms with van der Waals surface area (Å²) in [5.41, 5.74) is 16.6. The van der Waals surface area contributed by atoms with E-state index in [0.717, 1.165) is 46.1 Å². The van der Waals surface area contributed by atoms with Crippen molar-refractivity contribution in [2.75, 3.05) is 0 Å². The van der Waals surface area contributed by atoms with Crippen molar-refractivity contribution in [3.63, 3.8) is 0 Å². The highest BCUT2D eigenvalue weighted by Gasteiger charge is 2.31. The third kappa shape index (κ3) is 6.32. The summed E-state index contributed by atoms with van der Waals surface area (Å²) in [6.07, 6.45) is 1.72. The maximum atomic E-state index is 6.36. The summed E-state index contributed by atoms with van der Waals surface area (Å²) < 4.78 is 6.36. The maximum Gasteiger partial charge on any atom is 0.136 e. The Bertz CT molecular complexity index is 2610. The van der Waals surface area contributed by atoms with Gasteiger partial charge in [-0.2, -0.15) is 0 Å². The van der Waals surface area contributed by atoms with Crippen molar-refractivity contribution in [3.8, 4) is 33.4 Å². The van der Waals surface area contributed by atoms with Gasteiger partial charge < -0.3 is 4.42 Å². The van der Waals surface area contributed by atoms with E-state index in [2.05, 4.69) is 178 Å². The molecule has 0 bridgehead atoms. The van der Waals surface area contributed by atoms with Crippen molar-refractivity contribution < 1.29 is 4.42 Å². The predicted molar refractivity (Wildman–Crippen MR) is 223 cm³/mol. The Morgan fingerprint density at radius 3 is 1.66 bits per heavy atom. The van der Waals surface area contributed by atoms with Gasteiger partial charge in [-0.05, 0) is 105 Å². The van der Waals surface area contributed by atoms with Gasteiger partial charge in [-0.25, -0.2) is 0 Å². The molecule has 9 rings (SSSR count). The molecule has 1 unspecified atom stereocenters. The molecule has 0 amide bonds. The molecule has 53 heavy (non-hydrogen) atoms. The lowest BCUT2D eigenvalue weighted by molar-refractivity contribution is 0.525. The van der Waals surface area contributed by atoms with Gasteiger partial charge in [-0.15, -0.1) is 0 Å². The van der Waals surface area contributed by atoms with Crippen LogP contribution in [0.4, 0.5) is 0 Å². The van der Waals surface area contributed by atoms with Crippen molar-refractivity contribution in [2.24, 2.45) is 10.9 Å². The maximum absolute atomic E-state index is 6.36. The van der Waals surface area contributed by atoms with Crippen LogP contribution in [0.15, 0.2) is 191 Å². The van der Waals surface area contributed by atoms with E-state index < -0.39 is 0 Å². The minimum Gasteiger partial charge on any atom is -0.456 e. The standard InChI is InChI=1S/C51H41NO/c1-3-44-50(43-31-41(36-17-9-5-10-18-36)30-42(32-43)38-25-23-37(24-26-38)35-15-7-4-8-16-35)34(2)29-47(52-51(44)39-19-11-6-12-20-39)40-27-28-46-45-21-13-14-22-48(45)53-49(46)33-40/h4-28,30-33,44,51H,3,29H2,1-2H3/t44-,51?/m1/s1. The fourth-order valence-corrected chi connectivity index (χ4v) is 8.28. The normalized spacial score (nSPS) is 16.2. The molecule has 256 valence electrons. The number of hydrogen-bond acceptors (Lipinski definition) is 2. The molecule has 8 aromatic rings. The number of fused-ring (bicyclic) bond motifs is 3. The van der Waals surface area contributed by atoms with Crippen LogP contribution in [0.2, 0.25) is 0 Å². The van der Waals surface area contributed by atoms with Crippen LogP contribution >= 0.6 is 0 Å². The number of aliphatic imine (C=N–C) groups is 1. The van der Waals surface area contributed by atoms with E-state index in [9.17, 15) is 0 Å². The highest BCUT2D eigenvalue weighted by Crippen LogP contribution is 2.46. The second-order valence-electron chi connectivity index (χ2n) is 14.2. The van der Waals surface area contributed by atoms with Crippen LogP contribution in [0.5, 0.6) is 0 Å². The van der Waals surface area contributed by atoms with Gasteiger partial charge in [0.05, 0.1) is 6.04 Å². The van der Waals surface area contributed by atoms with Crippen molar-refractivity contribution in [2.45, 2.75) is 32.7 Å². The SMILES string of the molecule is CC[C@@H]1C(c2cc(-c3ccccc3)cc(-c3ccc(-c4ccccc4)cc3)c2)=C(C)CC(c2ccc3c(c2)oc2ccccc23)=NC1c1ccccc1. The van der Waals surface area contributed by atoms with E-state index in [4.69, 9.17) is 9.41 Å². The lowest BCUT2D eigenvalue weighted by Crippen LogP contribution is -2.13. The molecule has 0 saturated carbocycles. The molecule has 1 aromatic heterocycles. The second-order valence-corrected chi connectivity index (χ2v) is 14.2. The molecule has 0 fully saturated rings. The van der Waals surface area contributed by atoms with Gasteiger partial charge in [-0.3, -0.25) is 4.99 Å². The van der Waals surface area contributed by atoms with E-state index in [1.165, 1.54) is 55.7 Å². The quantitative estimate of drug-likeness (QED) is 0.164. The highest BCUT2D eigenvalue weighted by atomic mass is 16.3. The Labute approximate surface area is 311 Å². The van der Waals surface area contributed by atoms with Gasteiger partial charge in [0, 0.05) is 28.8 Å². The minimum absolute atomic E-state index is 0.0380. The van der Waals surface area contributed by atoms with E-state index in [-0.39, 0.29) is 12.0 Å². The second kappa shape index (κ2) is 14.1. The number of para-hydroxylation sites is 1. The summed E-state index contributed by atoms with van der Waals surface area (Å²) in [7, 11) is 0. The minimum atomic E-state index is -0.0380. The summed E-state index contributed by atoms with van der Waals surface area (Å²) >= 11 is 0. The zero-order valence-corrected chi connectivity index (χ0v) is 30.2. The van der Waals surface area contributed by atoms with Crippen LogP contribution < -0.4 is 0 Å². The summed E-state index contributed by atoms with van der Waals surface area (Å²) in [5.74, 6) is 0.184. The van der Waals surface area contributed by atoms with Crippen molar-refractivity contribution in [1.82, 2.24) is 0 Å². The van der Waals surface area contributed by atoms with Gasteiger partial charge in [0.15, 0.2) is 0 Å². The molecule has 2 atom stereocenters. The number of hydrogen-bond donors (Lipinski definition) is 0. The molecule has 1 aliphatic rings. The van der Waals surface area contributed by atoms with Crippen LogP contribution in [0.3, 0.4) is 0 Å². The third-order valence-electron chi connectivity index (χ3n) is 10.9. The van der Waals surface area contributed by atoms with Crippen molar-refractivity contribution in [1.29, 1.82) is 0 Å². The van der Waals surface area contributed by atoms with Crippen LogP contribution in [0.1, 0.15) is 49.4 Å². The van der Waals surface area contributed by atoms with Gasteiger partial charge in [0.1, 0.15) is 11.2 Å². The van der Waals surface area contributed by atoms with Gasteiger partial charge in [0.2, 0.25) is 0 Å². The number of rotatable bonds is 7. The topological polar surface area (TPSA) is 25.5 Å². The summed E-state index contributed by atoms with van der Waals surface area (Å²) in [6, 6.07) is 63.4. The fourth-order valence-electron chi connectivity index (χ4n) is 8.28.